The number of hydrogen-bond donors (Lipinski definition) is 0. The van der Waals surface area contributed by atoms with Gasteiger partial charge in [0.25, 0.3) is 0 Å². The lowest BCUT2D eigenvalue weighted by Gasteiger charge is -2.06. The van der Waals surface area contributed by atoms with E-state index in [9.17, 15) is 5.26 Å². The van der Waals surface area contributed by atoms with Crippen molar-refractivity contribution >= 4 is 43.5 Å². The normalized spacial score (nSPS) is 11.1. The molecule has 32 heavy (non-hydrogen) atoms. The molecule has 0 saturated heterocycles. The van der Waals surface area contributed by atoms with Crippen molar-refractivity contribution in [1.82, 2.24) is 4.98 Å². The summed E-state index contributed by atoms with van der Waals surface area (Å²) < 4.78 is 7.00. The van der Waals surface area contributed by atoms with Crippen molar-refractivity contribution in [3.63, 3.8) is 0 Å². The van der Waals surface area contributed by atoms with Crippen molar-refractivity contribution in [1.29, 1.82) is 10.5 Å². The van der Waals surface area contributed by atoms with E-state index < -0.39 is 0 Å². The van der Waals surface area contributed by atoms with E-state index in [1.807, 2.05) is 54.6 Å². The minimum absolute atomic E-state index is 0.569. The molecule has 0 bridgehead atoms. The molecular formula is C27H13N3OS. The largest absolute Gasteiger partial charge is 0.456 e. The number of furan rings is 1. The zero-order chi connectivity index (χ0) is 21.7. The molecule has 0 aliphatic heterocycles. The monoisotopic (exact) mass is 427 g/mol. The van der Waals surface area contributed by atoms with E-state index in [0.29, 0.717) is 11.1 Å². The van der Waals surface area contributed by atoms with E-state index in [-0.39, 0.29) is 0 Å². The third-order valence-electron chi connectivity index (χ3n) is 5.54. The average Bonchev–Trinajstić information content (AvgIpc) is 3.44. The highest BCUT2D eigenvalue weighted by Crippen LogP contribution is 2.36. The highest BCUT2D eigenvalue weighted by molar-refractivity contribution is 7.21. The second-order valence-corrected chi connectivity index (χ2v) is 8.56. The number of hydrogen-bond acceptors (Lipinski definition) is 5. The quantitative estimate of drug-likeness (QED) is 0.291. The Kier molecular flexibility index (Phi) is 4.04. The molecule has 6 rings (SSSR count). The molecule has 0 saturated carbocycles. The molecule has 0 aliphatic carbocycles. The summed E-state index contributed by atoms with van der Waals surface area (Å²) in [4.78, 5) is 4.73. The van der Waals surface area contributed by atoms with Gasteiger partial charge < -0.3 is 4.42 Å². The number of nitrogens with zero attached hydrogens (tertiary/aromatic N) is 3. The molecule has 0 radical (unpaired) electrons. The number of aromatic nitrogens is 1. The first-order chi connectivity index (χ1) is 15.7. The standard InChI is InChI=1S/C27H13N3OS/c28-14-16-5-8-23-26(11-16)32-27(30-23)20-10-17(15-29)9-19(12-20)18-6-7-22-21-3-1-2-4-24(21)31-25(22)13-18/h1-13H. The van der Waals surface area contributed by atoms with Crippen LogP contribution in [0.1, 0.15) is 11.1 Å². The summed E-state index contributed by atoms with van der Waals surface area (Å²) in [5.74, 6) is 0. The highest BCUT2D eigenvalue weighted by Gasteiger charge is 2.12. The summed E-state index contributed by atoms with van der Waals surface area (Å²) in [5.41, 5.74) is 6.48. The van der Waals surface area contributed by atoms with Crippen molar-refractivity contribution in [2.24, 2.45) is 0 Å². The van der Waals surface area contributed by atoms with Gasteiger partial charge in [0.2, 0.25) is 0 Å². The van der Waals surface area contributed by atoms with Gasteiger partial charge in [-0.15, -0.1) is 11.3 Å². The van der Waals surface area contributed by atoms with E-state index in [0.717, 1.165) is 53.9 Å². The first kappa shape index (κ1) is 18.3. The number of fused-ring (bicyclic) bond motifs is 4. The topological polar surface area (TPSA) is 73.6 Å². The van der Waals surface area contributed by atoms with E-state index in [2.05, 4.69) is 30.3 Å². The lowest BCUT2D eigenvalue weighted by atomic mass is 9.99. The smallest absolute Gasteiger partial charge is 0.136 e. The van der Waals surface area contributed by atoms with Crippen molar-refractivity contribution in [2.45, 2.75) is 0 Å². The first-order valence-electron chi connectivity index (χ1n) is 10.00. The molecule has 2 heterocycles. The van der Waals surface area contributed by atoms with Crippen LogP contribution in [0, 0.1) is 22.7 Å². The Labute approximate surface area is 187 Å². The maximum atomic E-state index is 9.63. The van der Waals surface area contributed by atoms with Gasteiger partial charge in [0.15, 0.2) is 0 Å². The maximum absolute atomic E-state index is 9.63. The third kappa shape index (κ3) is 2.93. The molecule has 0 fully saturated rings. The van der Waals surface area contributed by atoms with Gasteiger partial charge >= 0.3 is 0 Å². The summed E-state index contributed by atoms with van der Waals surface area (Å²) in [6, 6.07) is 29.8. The van der Waals surface area contributed by atoms with Crippen LogP contribution < -0.4 is 0 Å². The molecule has 0 spiro atoms. The van der Waals surface area contributed by atoms with Gasteiger partial charge in [0.05, 0.1) is 33.5 Å². The fourth-order valence-corrected chi connectivity index (χ4v) is 5.00. The summed E-state index contributed by atoms with van der Waals surface area (Å²) >= 11 is 1.52. The highest BCUT2D eigenvalue weighted by atomic mass is 32.1. The molecule has 6 aromatic rings. The summed E-state index contributed by atoms with van der Waals surface area (Å²) in [6.07, 6.45) is 0. The number of para-hydroxylation sites is 1. The Morgan fingerprint density at radius 2 is 1.50 bits per heavy atom. The SMILES string of the molecule is N#Cc1cc(-c2ccc3c(c2)oc2ccccc23)cc(-c2nc3ccc(C#N)cc3s2)c1. The third-order valence-corrected chi connectivity index (χ3v) is 6.61. The molecule has 0 atom stereocenters. The van der Waals surface area contributed by atoms with Crippen LogP contribution in [0.5, 0.6) is 0 Å². The fourth-order valence-electron chi connectivity index (χ4n) is 4.01. The van der Waals surface area contributed by atoms with Gasteiger partial charge in [-0.3, -0.25) is 0 Å². The van der Waals surface area contributed by atoms with Crippen LogP contribution in [0.15, 0.2) is 83.3 Å². The van der Waals surface area contributed by atoms with Crippen LogP contribution in [-0.2, 0) is 0 Å². The van der Waals surface area contributed by atoms with Crippen molar-refractivity contribution < 1.29 is 4.42 Å². The molecule has 0 unspecified atom stereocenters. The average molecular weight is 427 g/mol. The van der Waals surface area contributed by atoms with E-state index in [1.165, 1.54) is 11.3 Å². The first-order valence-corrected chi connectivity index (χ1v) is 10.8. The van der Waals surface area contributed by atoms with Crippen LogP contribution >= 0.6 is 11.3 Å². The number of thiazole rings is 1. The molecule has 2 aromatic heterocycles. The second kappa shape index (κ2) is 7.06. The Hall–Kier alpha value is -4.45. The fraction of sp³-hybridized carbons (Fsp3) is 0. The zero-order valence-electron chi connectivity index (χ0n) is 16.7. The number of rotatable bonds is 2. The lowest BCUT2D eigenvalue weighted by molar-refractivity contribution is 0.669. The Bertz CT molecular complexity index is 1760. The van der Waals surface area contributed by atoms with Crippen molar-refractivity contribution in [2.75, 3.05) is 0 Å². The van der Waals surface area contributed by atoms with Crippen LogP contribution in [0.3, 0.4) is 0 Å². The van der Waals surface area contributed by atoms with Crippen molar-refractivity contribution in [3.8, 4) is 33.8 Å². The molecule has 0 N–H and O–H groups in total. The number of benzene rings is 4. The zero-order valence-corrected chi connectivity index (χ0v) is 17.5. The maximum Gasteiger partial charge on any atom is 0.136 e. The molecule has 148 valence electrons. The van der Waals surface area contributed by atoms with Gasteiger partial charge in [0, 0.05) is 16.3 Å². The lowest BCUT2D eigenvalue weighted by Crippen LogP contribution is -1.85. The van der Waals surface area contributed by atoms with Gasteiger partial charge in [-0.25, -0.2) is 4.98 Å². The Morgan fingerprint density at radius 1 is 0.688 bits per heavy atom. The van der Waals surface area contributed by atoms with Crippen LogP contribution in [0.4, 0.5) is 0 Å². The van der Waals surface area contributed by atoms with Gasteiger partial charge in [-0.2, -0.15) is 10.5 Å². The molecule has 4 nitrogen and oxygen atoms in total. The predicted molar refractivity (Wildman–Crippen MR) is 127 cm³/mol. The molecule has 0 aliphatic rings. The van der Waals surface area contributed by atoms with Crippen LogP contribution in [0.2, 0.25) is 0 Å². The minimum Gasteiger partial charge on any atom is -0.456 e. The van der Waals surface area contributed by atoms with Gasteiger partial charge in [0.1, 0.15) is 16.2 Å². The van der Waals surface area contributed by atoms with E-state index >= 15 is 0 Å². The second-order valence-electron chi connectivity index (χ2n) is 7.53. The number of nitriles is 2. The summed E-state index contributed by atoms with van der Waals surface area (Å²) in [7, 11) is 0. The van der Waals surface area contributed by atoms with E-state index in [1.54, 1.807) is 6.07 Å². The molecule has 5 heteroatoms. The summed E-state index contributed by atoms with van der Waals surface area (Å²) in [5, 5.41) is 21.8. The molecular weight excluding hydrogens is 414 g/mol. The van der Waals surface area contributed by atoms with Gasteiger partial charge in [-0.1, -0.05) is 24.3 Å². The van der Waals surface area contributed by atoms with E-state index in [4.69, 9.17) is 14.7 Å². The summed E-state index contributed by atoms with van der Waals surface area (Å²) in [6.45, 7) is 0. The molecule has 0 amide bonds. The minimum atomic E-state index is 0.569. The van der Waals surface area contributed by atoms with Gasteiger partial charge in [-0.05, 0) is 65.7 Å². The van der Waals surface area contributed by atoms with Crippen molar-refractivity contribution in [3.05, 3.63) is 90.0 Å². The van der Waals surface area contributed by atoms with Crippen LogP contribution in [-0.4, -0.2) is 4.98 Å². The molecule has 4 aromatic carbocycles. The Balaban J connectivity index is 1.50. The predicted octanol–water partition coefficient (Wildman–Crippen LogP) is 7.27. The Morgan fingerprint density at radius 3 is 2.38 bits per heavy atom. The van der Waals surface area contributed by atoms with Crippen LogP contribution in [0.25, 0.3) is 53.9 Å².